The highest BCUT2D eigenvalue weighted by Gasteiger charge is 2.23. The summed E-state index contributed by atoms with van der Waals surface area (Å²) in [5, 5.41) is 10.1. The summed E-state index contributed by atoms with van der Waals surface area (Å²) in [7, 11) is -1.73. The minimum atomic E-state index is -1.73. The molecule has 0 heterocycles. The monoisotopic (exact) mass is 379 g/mol. The molecule has 0 fully saturated rings. The third-order valence-electron chi connectivity index (χ3n) is 2.81. The number of aldehydes is 1. The van der Waals surface area contributed by atoms with Crippen molar-refractivity contribution in [1.29, 1.82) is 5.26 Å². The lowest BCUT2D eigenvalue weighted by atomic mass is 10.1. The molecule has 2 aromatic rings. The van der Waals surface area contributed by atoms with Crippen LogP contribution in [0.2, 0.25) is 29.7 Å². The van der Waals surface area contributed by atoms with Crippen molar-refractivity contribution in [3.63, 3.8) is 0 Å². The second kappa shape index (κ2) is 9.60. The third-order valence-corrected chi connectivity index (χ3v) is 4.44. The summed E-state index contributed by atoms with van der Waals surface area (Å²) >= 11 is 11.6. The van der Waals surface area contributed by atoms with Crippen molar-refractivity contribution >= 4 is 37.8 Å². The zero-order chi connectivity index (χ0) is 18.2. The van der Waals surface area contributed by atoms with Gasteiger partial charge in [-0.25, -0.2) is 0 Å². The van der Waals surface area contributed by atoms with Gasteiger partial charge >= 0.3 is 0 Å². The average molecular weight is 380 g/mol. The Hall–Kier alpha value is -1.64. The Balaban J connectivity index is 0.000000272. The number of benzene rings is 2. The zero-order valence-corrected chi connectivity index (χ0v) is 16.3. The van der Waals surface area contributed by atoms with Gasteiger partial charge in [-0.1, -0.05) is 59.6 Å². The Labute approximate surface area is 153 Å². The van der Waals surface area contributed by atoms with Gasteiger partial charge in [0.15, 0.2) is 20.7 Å². The first-order chi connectivity index (χ1) is 11.3. The van der Waals surface area contributed by atoms with E-state index in [1.54, 1.807) is 30.3 Å². The van der Waals surface area contributed by atoms with Gasteiger partial charge in [-0.2, -0.15) is 5.26 Å². The maximum Gasteiger partial charge on any atom is 0.186 e. The summed E-state index contributed by atoms with van der Waals surface area (Å²) in [6.07, 6.45) is 0.188. The van der Waals surface area contributed by atoms with Gasteiger partial charge in [0, 0.05) is 16.1 Å². The van der Waals surface area contributed by atoms with Crippen LogP contribution in [0.15, 0.2) is 48.5 Å². The molecule has 126 valence electrons. The smallest absolute Gasteiger partial charge is 0.186 e. The first-order valence-corrected chi connectivity index (χ1v) is 11.5. The molecule has 0 aromatic heterocycles. The molecule has 0 unspecified atom stereocenters. The van der Waals surface area contributed by atoms with Gasteiger partial charge in [0.2, 0.25) is 0 Å². The summed E-state index contributed by atoms with van der Waals surface area (Å²) in [5.41, 5.74) is 1.29. The topological polar surface area (TPSA) is 50.1 Å². The van der Waals surface area contributed by atoms with Crippen LogP contribution in [-0.2, 0) is 4.43 Å². The molecule has 2 rings (SSSR count). The van der Waals surface area contributed by atoms with E-state index in [1.807, 2.05) is 37.8 Å². The molecule has 0 spiro atoms. The van der Waals surface area contributed by atoms with Crippen molar-refractivity contribution in [1.82, 2.24) is 0 Å². The quantitative estimate of drug-likeness (QED) is 0.489. The van der Waals surface area contributed by atoms with E-state index in [0.717, 1.165) is 11.8 Å². The normalized spacial score (nSPS) is 11.7. The number of carbonyl (C=O) groups is 1. The SMILES string of the molecule is C[Si](C)(C)O[C@H](C#N)c1ccccc1Cl.O=Cc1ccccc1Cl. The fraction of sp³-hybridized carbons (Fsp3) is 0.222. The molecule has 0 radical (unpaired) electrons. The highest BCUT2D eigenvalue weighted by atomic mass is 35.5. The molecule has 3 nitrogen and oxygen atoms in total. The van der Waals surface area contributed by atoms with Crippen LogP contribution >= 0.6 is 23.2 Å². The molecule has 2 aromatic carbocycles. The van der Waals surface area contributed by atoms with Gasteiger partial charge in [0.25, 0.3) is 0 Å². The van der Waals surface area contributed by atoms with E-state index in [-0.39, 0.29) is 0 Å². The Morgan fingerprint density at radius 2 is 1.58 bits per heavy atom. The zero-order valence-electron chi connectivity index (χ0n) is 13.8. The number of rotatable bonds is 4. The third kappa shape index (κ3) is 6.86. The first-order valence-electron chi connectivity index (χ1n) is 7.30. The van der Waals surface area contributed by atoms with Crippen LogP contribution in [-0.4, -0.2) is 14.6 Å². The van der Waals surface area contributed by atoms with Crippen LogP contribution in [0.4, 0.5) is 0 Å². The second-order valence-corrected chi connectivity index (χ2v) is 11.2. The number of halogens is 2. The maximum absolute atomic E-state index is 10.1. The molecule has 0 aliphatic carbocycles. The minimum Gasteiger partial charge on any atom is -0.399 e. The van der Waals surface area contributed by atoms with Crippen LogP contribution in [0.25, 0.3) is 0 Å². The summed E-state index contributed by atoms with van der Waals surface area (Å²) in [5.74, 6) is 0. The fourth-order valence-electron chi connectivity index (χ4n) is 1.77. The average Bonchev–Trinajstić information content (AvgIpc) is 2.53. The lowest BCUT2D eigenvalue weighted by Crippen LogP contribution is -2.27. The van der Waals surface area contributed by atoms with E-state index >= 15 is 0 Å². The summed E-state index contributed by atoms with van der Waals surface area (Å²) in [4.78, 5) is 10.1. The molecule has 6 heteroatoms. The van der Waals surface area contributed by atoms with Crippen molar-refractivity contribution in [3.05, 3.63) is 69.7 Å². The Bertz CT molecular complexity index is 723. The van der Waals surface area contributed by atoms with Gasteiger partial charge in [0.05, 0.1) is 11.1 Å². The van der Waals surface area contributed by atoms with Crippen LogP contribution in [0.3, 0.4) is 0 Å². The van der Waals surface area contributed by atoms with Gasteiger partial charge in [-0.3, -0.25) is 4.79 Å². The lowest BCUT2D eigenvalue weighted by molar-refractivity contribution is 0.112. The molecule has 24 heavy (non-hydrogen) atoms. The standard InChI is InChI=1S/C11H14ClNOSi.C7H5ClO/c1-15(2,3)14-11(8-13)9-6-4-5-7-10(9)12;8-7-4-2-1-3-6(7)5-9/h4-7,11H,1-3H3;1-5H/t11-;/m1./s1. The van der Waals surface area contributed by atoms with E-state index in [9.17, 15) is 4.79 Å². The number of hydrogen-bond donors (Lipinski definition) is 0. The van der Waals surface area contributed by atoms with Gasteiger partial charge in [-0.05, 0) is 31.8 Å². The number of nitriles is 1. The lowest BCUT2D eigenvalue weighted by Gasteiger charge is -2.22. The highest BCUT2D eigenvalue weighted by Crippen LogP contribution is 2.27. The van der Waals surface area contributed by atoms with Crippen LogP contribution in [0.1, 0.15) is 22.0 Å². The summed E-state index contributed by atoms with van der Waals surface area (Å²) < 4.78 is 5.75. The van der Waals surface area contributed by atoms with Crippen LogP contribution in [0.5, 0.6) is 0 Å². The first kappa shape index (κ1) is 20.4. The molecule has 0 saturated carbocycles. The van der Waals surface area contributed by atoms with E-state index < -0.39 is 14.4 Å². The molecule has 0 aliphatic heterocycles. The Kier molecular flexibility index (Phi) is 8.16. The van der Waals surface area contributed by atoms with Crippen molar-refractivity contribution in [2.24, 2.45) is 0 Å². The van der Waals surface area contributed by atoms with E-state index in [1.165, 1.54) is 0 Å². The number of hydrogen-bond acceptors (Lipinski definition) is 3. The number of nitrogens with zero attached hydrogens (tertiary/aromatic N) is 1. The molecule has 0 saturated heterocycles. The van der Waals surface area contributed by atoms with E-state index in [4.69, 9.17) is 32.9 Å². The predicted molar refractivity (Wildman–Crippen MR) is 101 cm³/mol. The molecule has 0 amide bonds. The number of carbonyl (C=O) groups excluding carboxylic acids is 1. The van der Waals surface area contributed by atoms with Crippen LogP contribution in [0, 0.1) is 11.3 Å². The molecule has 0 aliphatic rings. The fourth-order valence-corrected chi connectivity index (χ4v) is 3.07. The Morgan fingerprint density at radius 1 is 1.04 bits per heavy atom. The van der Waals surface area contributed by atoms with Crippen molar-refractivity contribution in [2.75, 3.05) is 0 Å². The summed E-state index contributed by atoms with van der Waals surface area (Å²) in [6.45, 7) is 6.15. The van der Waals surface area contributed by atoms with Crippen molar-refractivity contribution in [3.8, 4) is 6.07 Å². The molecule has 0 bridgehead atoms. The second-order valence-electron chi connectivity index (χ2n) is 5.90. The predicted octanol–water partition coefficient (Wildman–Crippen LogP) is 5.91. The summed E-state index contributed by atoms with van der Waals surface area (Å²) in [6, 6.07) is 16.4. The minimum absolute atomic E-state index is 0.507. The van der Waals surface area contributed by atoms with E-state index in [0.29, 0.717) is 15.6 Å². The molecular formula is C18H19Cl2NO2Si. The molecular weight excluding hydrogens is 361 g/mol. The van der Waals surface area contributed by atoms with Gasteiger partial charge in [-0.15, -0.1) is 0 Å². The Morgan fingerprint density at radius 3 is 2.00 bits per heavy atom. The van der Waals surface area contributed by atoms with Gasteiger partial charge < -0.3 is 4.43 Å². The maximum atomic E-state index is 10.1. The highest BCUT2D eigenvalue weighted by molar-refractivity contribution is 6.69. The van der Waals surface area contributed by atoms with Crippen LogP contribution < -0.4 is 0 Å². The molecule has 1 atom stereocenters. The van der Waals surface area contributed by atoms with Crippen molar-refractivity contribution in [2.45, 2.75) is 25.7 Å². The van der Waals surface area contributed by atoms with Crippen molar-refractivity contribution < 1.29 is 9.22 Å². The largest absolute Gasteiger partial charge is 0.399 e. The van der Waals surface area contributed by atoms with E-state index in [2.05, 4.69) is 6.07 Å². The van der Waals surface area contributed by atoms with Gasteiger partial charge in [0.1, 0.15) is 0 Å². The molecule has 0 N–H and O–H groups in total.